The van der Waals surface area contributed by atoms with E-state index in [-0.39, 0.29) is 11.7 Å². The fraction of sp³-hybridized carbons (Fsp3) is 0. The number of oxazole rings is 1. The van der Waals surface area contributed by atoms with Gasteiger partial charge >= 0.3 is 6.01 Å². The number of hydrogen-bond acceptors (Lipinski definition) is 5. The lowest BCUT2D eigenvalue weighted by Crippen LogP contribution is -2.14. The van der Waals surface area contributed by atoms with E-state index in [2.05, 4.69) is 20.3 Å². The Labute approximate surface area is 135 Å². The molecule has 1 amide bonds. The van der Waals surface area contributed by atoms with E-state index in [0.717, 1.165) is 0 Å². The number of nitrogens with zero attached hydrogens (tertiary/aromatic N) is 3. The lowest BCUT2D eigenvalue weighted by molar-refractivity contribution is 0.101. The van der Waals surface area contributed by atoms with Gasteiger partial charge in [-0.25, -0.2) is 9.97 Å². The van der Waals surface area contributed by atoms with E-state index >= 15 is 0 Å². The smallest absolute Gasteiger partial charge is 0.301 e. The quantitative estimate of drug-likeness (QED) is 0.789. The molecular weight excluding hydrogens is 327 g/mol. The molecule has 0 aliphatic rings. The van der Waals surface area contributed by atoms with E-state index in [9.17, 15) is 4.79 Å². The number of hydrogen-bond donors (Lipinski definition) is 1. The molecule has 0 atom stereocenters. The number of anilines is 1. The predicted octanol–water partition coefficient (Wildman–Crippen LogP) is 3.69. The Morgan fingerprint density at radius 3 is 2.77 bits per heavy atom. The maximum atomic E-state index is 12.1. The molecule has 2 aromatic heterocycles. The fourth-order valence-electron chi connectivity index (χ4n) is 1.72. The maximum absolute atomic E-state index is 12.1. The van der Waals surface area contributed by atoms with Crippen LogP contribution in [0.25, 0.3) is 11.3 Å². The molecule has 2 heterocycles. The minimum Gasteiger partial charge on any atom is -0.432 e. The first-order chi connectivity index (χ1) is 10.6. The van der Waals surface area contributed by atoms with Gasteiger partial charge in [-0.1, -0.05) is 29.3 Å². The number of carbonyl (C=O) groups is 1. The molecule has 0 fully saturated rings. The van der Waals surface area contributed by atoms with Crippen molar-refractivity contribution >= 4 is 35.1 Å². The Hall–Kier alpha value is -2.44. The van der Waals surface area contributed by atoms with Gasteiger partial charge in [-0.3, -0.25) is 15.1 Å². The maximum Gasteiger partial charge on any atom is 0.301 e. The highest BCUT2D eigenvalue weighted by Gasteiger charge is 2.12. The third kappa shape index (κ3) is 3.08. The van der Waals surface area contributed by atoms with Crippen LogP contribution in [0.5, 0.6) is 0 Å². The zero-order valence-corrected chi connectivity index (χ0v) is 12.5. The molecule has 3 aromatic rings. The van der Waals surface area contributed by atoms with Crippen molar-refractivity contribution in [1.29, 1.82) is 0 Å². The van der Waals surface area contributed by atoms with Gasteiger partial charge in [0.25, 0.3) is 5.91 Å². The Morgan fingerprint density at radius 1 is 1.18 bits per heavy atom. The summed E-state index contributed by atoms with van der Waals surface area (Å²) in [5.41, 5.74) is 1.33. The molecule has 1 N–H and O–H groups in total. The van der Waals surface area contributed by atoms with Crippen LogP contribution in [-0.2, 0) is 0 Å². The van der Waals surface area contributed by atoms with Gasteiger partial charge in [0.05, 0.1) is 34.3 Å². The summed E-state index contributed by atoms with van der Waals surface area (Å²) in [6.45, 7) is 0. The Morgan fingerprint density at radius 2 is 2.05 bits per heavy atom. The van der Waals surface area contributed by atoms with Crippen LogP contribution in [0.3, 0.4) is 0 Å². The lowest BCUT2D eigenvalue weighted by atomic mass is 10.1. The van der Waals surface area contributed by atoms with Crippen molar-refractivity contribution in [2.45, 2.75) is 0 Å². The van der Waals surface area contributed by atoms with Crippen LogP contribution >= 0.6 is 23.2 Å². The minimum absolute atomic E-state index is 0.0896. The van der Waals surface area contributed by atoms with Crippen molar-refractivity contribution in [2.24, 2.45) is 0 Å². The largest absolute Gasteiger partial charge is 0.432 e. The van der Waals surface area contributed by atoms with Crippen molar-refractivity contribution in [2.75, 3.05) is 5.32 Å². The topological polar surface area (TPSA) is 80.9 Å². The number of halogens is 2. The molecule has 0 unspecified atom stereocenters. The molecule has 0 spiro atoms. The second kappa shape index (κ2) is 6.13. The zero-order valence-electron chi connectivity index (χ0n) is 11.0. The molecule has 110 valence electrons. The van der Waals surface area contributed by atoms with Gasteiger partial charge in [-0.2, -0.15) is 0 Å². The van der Waals surface area contributed by atoms with Crippen molar-refractivity contribution in [3.8, 4) is 11.3 Å². The molecule has 8 heteroatoms. The molecule has 0 aliphatic carbocycles. The lowest BCUT2D eigenvalue weighted by Gasteiger charge is -2.05. The molecule has 1 aromatic carbocycles. The van der Waals surface area contributed by atoms with Crippen LogP contribution in [0.1, 0.15) is 10.5 Å². The average Bonchev–Trinajstić information content (AvgIpc) is 3.03. The van der Waals surface area contributed by atoms with Gasteiger partial charge in [0, 0.05) is 5.56 Å². The van der Waals surface area contributed by atoms with E-state index in [1.54, 1.807) is 18.2 Å². The summed E-state index contributed by atoms with van der Waals surface area (Å²) in [5.74, 6) is -0.475. The summed E-state index contributed by atoms with van der Waals surface area (Å²) in [7, 11) is 0. The minimum atomic E-state index is -0.475. The standard InChI is InChI=1S/C14H8Cl2N4O2/c15-9-2-1-8(5-10(9)16)11-6-17-7-12(19-11)13(21)20-14-18-3-4-22-14/h1-7H,(H,18,20,21). The van der Waals surface area contributed by atoms with Gasteiger partial charge in [-0.05, 0) is 12.1 Å². The van der Waals surface area contributed by atoms with Crippen molar-refractivity contribution in [3.63, 3.8) is 0 Å². The van der Waals surface area contributed by atoms with Crippen molar-refractivity contribution < 1.29 is 9.21 Å². The summed E-state index contributed by atoms with van der Waals surface area (Å²) in [4.78, 5) is 24.1. The second-order valence-corrected chi connectivity index (χ2v) is 5.02. The molecule has 22 heavy (non-hydrogen) atoms. The van der Waals surface area contributed by atoms with E-state index in [1.165, 1.54) is 24.9 Å². The van der Waals surface area contributed by atoms with Crippen LogP contribution in [0.2, 0.25) is 10.0 Å². The highest BCUT2D eigenvalue weighted by atomic mass is 35.5. The Bertz CT molecular complexity index is 821. The van der Waals surface area contributed by atoms with Crippen molar-refractivity contribution in [1.82, 2.24) is 15.0 Å². The Balaban J connectivity index is 1.88. The van der Waals surface area contributed by atoms with Gasteiger partial charge < -0.3 is 4.42 Å². The molecule has 3 rings (SSSR count). The van der Waals surface area contributed by atoms with Gasteiger partial charge in [0.15, 0.2) is 0 Å². The summed E-state index contributed by atoms with van der Waals surface area (Å²) >= 11 is 11.9. The molecule has 0 bridgehead atoms. The van der Waals surface area contributed by atoms with Gasteiger partial charge in [0.1, 0.15) is 12.0 Å². The number of amides is 1. The third-order valence-electron chi connectivity index (χ3n) is 2.74. The highest BCUT2D eigenvalue weighted by molar-refractivity contribution is 6.42. The number of rotatable bonds is 3. The molecule has 0 saturated heterocycles. The van der Waals surface area contributed by atoms with E-state index < -0.39 is 5.91 Å². The number of carbonyl (C=O) groups excluding carboxylic acids is 1. The van der Waals surface area contributed by atoms with Crippen LogP contribution in [0.4, 0.5) is 6.01 Å². The monoisotopic (exact) mass is 334 g/mol. The number of aromatic nitrogens is 3. The van der Waals surface area contributed by atoms with Crippen LogP contribution < -0.4 is 5.32 Å². The SMILES string of the molecule is O=C(Nc1ncco1)c1cncc(-c2ccc(Cl)c(Cl)c2)n1. The predicted molar refractivity (Wildman–Crippen MR) is 81.9 cm³/mol. The number of benzene rings is 1. The molecule has 0 radical (unpaired) electrons. The Kier molecular flexibility index (Phi) is 4.04. The first-order valence-electron chi connectivity index (χ1n) is 6.12. The highest BCUT2D eigenvalue weighted by Crippen LogP contribution is 2.27. The summed E-state index contributed by atoms with van der Waals surface area (Å²) in [6.07, 6.45) is 5.65. The van der Waals surface area contributed by atoms with Gasteiger partial charge in [-0.15, -0.1) is 0 Å². The average molecular weight is 335 g/mol. The van der Waals surface area contributed by atoms with Crippen LogP contribution in [0.15, 0.2) is 47.5 Å². The molecule has 0 saturated carbocycles. The molecule has 6 nitrogen and oxygen atoms in total. The second-order valence-electron chi connectivity index (χ2n) is 4.21. The fourth-order valence-corrected chi connectivity index (χ4v) is 2.01. The molecule has 0 aliphatic heterocycles. The normalized spacial score (nSPS) is 10.5. The van der Waals surface area contributed by atoms with E-state index in [4.69, 9.17) is 27.6 Å². The first kappa shape index (κ1) is 14.5. The van der Waals surface area contributed by atoms with Crippen LogP contribution in [0, 0.1) is 0 Å². The van der Waals surface area contributed by atoms with E-state index in [1.807, 2.05) is 0 Å². The third-order valence-corrected chi connectivity index (χ3v) is 3.47. The van der Waals surface area contributed by atoms with Crippen LogP contribution in [-0.4, -0.2) is 20.9 Å². The van der Waals surface area contributed by atoms with Crippen molar-refractivity contribution in [3.05, 3.63) is 58.8 Å². The summed E-state index contributed by atoms with van der Waals surface area (Å²) in [6, 6.07) is 5.14. The number of nitrogens with one attached hydrogen (secondary N) is 1. The first-order valence-corrected chi connectivity index (χ1v) is 6.87. The summed E-state index contributed by atoms with van der Waals surface area (Å²) in [5, 5.41) is 3.31. The molecular formula is C14H8Cl2N4O2. The van der Waals surface area contributed by atoms with Gasteiger partial charge in [0.2, 0.25) is 0 Å². The zero-order chi connectivity index (χ0) is 15.5. The summed E-state index contributed by atoms with van der Waals surface area (Å²) < 4.78 is 4.95. The van der Waals surface area contributed by atoms with E-state index in [0.29, 0.717) is 21.3 Å².